The number of hydrogen-bond donors (Lipinski definition) is 3. The van der Waals surface area contributed by atoms with E-state index >= 15 is 0 Å². The maximum Gasteiger partial charge on any atom is 0.254 e. The third-order valence-electron chi connectivity index (χ3n) is 6.73. The molecule has 0 bridgehead atoms. The number of carbonyl (C=O) groups is 2. The Balaban J connectivity index is 1.25. The van der Waals surface area contributed by atoms with E-state index < -0.39 is 5.91 Å². The second-order valence-corrected chi connectivity index (χ2v) is 9.47. The molecule has 0 saturated heterocycles. The molecule has 2 aromatic heterocycles. The number of anilines is 2. The van der Waals surface area contributed by atoms with Gasteiger partial charge in [-0.2, -0.15) is 5.10 Å². The number of benzene rings is 1. The van der Waals surface area contributed by atoms with Gasteiger partial charge in [-0.15, -0.1) is 0 Å². The fourth-order valence-electron chi connectivity index (χ4n) is 4.93. The van der Waals surface area contributed by atoms with E-state index in [0.717, 1.165) is 23.1 Å². The lowest BCUT2D eigenvalue weighted by atomic mass is 10.00. The van der Waals surface area contributed by atoms with Gasteiger partial charge in [0.1, 0.15) is 17.1 Å². The van der Waals surface area contributed by atoms with Crippen LogP contribution in [0, 0.1) is 11.8 Å². The third-order valence-corrected chi connectivity index (χ3v) is 6.73. The average molecular weight is 449 g/mol. The quantitative estimate of drug-likeness (QED) is 0.505. The zero-order valence-corrected chi connectivity index (χ0v) is 18.7. The normalized spacial score (nSPS) is 21.2. The number of carbonyl (C=O) groups excluding carboxylic acids is 2. The van der Waals surface area contributed by atoms with Crippen LogP contribution >= 0.6 is 0 Å². The molecule has 172 valence electrons. The molecule has 2 amide bonds. The number of nitrogen functional groups attached to an aromatic ring is 1. The van der Waals surface area contributed by atoms with Crippen LogP contribution in [-0.4, -0.2) is 26.8 Å². The minimum absolute atomic E-state index is 0.0178. The monoisotopic (exact) mass is 448 g/mol. The second-order valence-electron chi connectivity index (χ2n) is 9.47. The Morgan fingerprint density at radius 1 is 1.18 bits per heavy atom. The predicted molar refractivity (Wildman–Crippen MR) is 123 cm³/mol. The highest BCUT2D eigenvalue weighted by molar-refractivity contribution is 6.03. The fraction of sp³-hybridized carbons (Fsp3) is 0.417. The molecule has 0 radical (unpaired) electrons. The molecule has 2 aliphatic rings. The summed E-state index contributed by atoms with van der Waals surface area (Å²) in [6.45, 7) is 3.85. The maximum atomic E-state index is 12.5. The van der Waals surface area contributed by atoms with Gasteiger partial charge in [-0.25, -0.2) is 4.68 Å². The van der Waals surface area contributed by atoms with Crippen molar-refractivity contribution in [2.75, 3.05) is 11.1 Å². The van der Waals surface area contributed by atoms with Gasteiger partial charge >= 0.3 is 0 Å². The molecule has 5 N–H and O–H groups in total. The third kappa shape index (κ3) is 4.10. The summed E-state index contributed by atoms with van der Waals surface area (Å²) in [4.78, 5) is 24.5. The van der Waals surface area contributed by atoms with Crippen molar-refractivity contribution >= 4 is 23.5 Å². The summed E-state index contributed by atoms with van der Waals surface area (Å²) in [6, 6.07) is 9.08. The van der Waals surface area contributed by atoms with Gasteiger partial charge in [-0.3, -0.25) is 14.9 Å². The van der Waals surface area contributed by atoms with Gasteiger partial charge in [0.15, 0.2) is 0 Å². The largest absolute Gasteiger partial charge is 0.383 e. The highest BCUT2D eigenvalue weighted by Gasteiger charge is 2.47. The molecule has 33 heavy (non-hydrogen) atoms. The van der Waals surface area contributed by atoms with E-state index in [1.165, 1.54) is 19.3 Å². The van der Waals surface area contributed by atoms with Gasteiger partial charge in [-0.1, -0.05) is 29.4 Å². The Morgan fingerprint density at radius 3 is 2.52 bits per heavy atom. The molecule has 0 spiro atoms. The van der Waals surface area contributed by atoms with E-state index in [-0.39, 0.29) is 29.8 Å². The average Bonchev–Trinajstić information content (AvgIpc) is 3.12. The molecular formula is C24H28N6O3. The van der Waals surface area contributed by atoms with Crippen LogP contribution in [0.3, 0.4) is 0 Å². The number of hydrogen-bond acceptors (Lipinski definition) is 6. The minimum Gasteiger partial charge on any atom is -0.383 e. The Labute approximate surface area is 191 Å². The smallest absolute Gasteiger partial charge is 0.254 e. The Bertz CT molecular complexity index is 1200. The van der Waals surface area contributed by atoms with Gasteiger partial charge < -0.3 is 16.0 Å². The van der Waals surface area contributed by atoms with Crippen molar-refractivity contribution in [2.24, 2.45) is 17.6 Å². The van der Waals surface area contributed by atoms with E-state index in [2.05, 4.69) is 15.6 Å². The Hall–Kier alpha value is -3.62. The second kappa shape index (κ2) is 8.06. The predicted octanol–water partition coefficient (Wildman–Crippen LogP) is 3.49. The summed E-state index contributed by atoms with van der Waals surface area (Å²) < 4.78 is 6.91. The van der Waals surface area contributed by atoms with Crippen molar-refractivity contribution in [3.63, 3.8) is 0 Å². The molecular weight excluding hydrogens is 420 g/mol. The lowest BCUT2D eigenvalue weighted by Gasteiger charge is -2.07. The Kier molecular flexibility index (Phi) is 5.19. The molecule has 5 rings (SSSR count). The van der Waals surface area contributed by atoms with E-state index in [0.29, 0.717) is 23.1 Å². The molecule has 2 unspecified atom stereocenters. The van der Waals surface area contributed by atoms with Crippen molar-refractivity contribution in [1.29, 1.82) is 0 Å². The molecule has 0 aliphatic heterocycles. The number of nitrogens with two attached hydrogens (primary N) is 2. The van der Waals surface area contributed by atoms with Gasteiger partial charge in [0.25, 0.3) is 5.91 Å². The standard InChI is InChI=1S/C24H28N6O3/c1-12(2)30-23(25)21(24(26)32)22(28-30)14-5-3-13(4-6-14)7-19(31)27-20-11-18(29-33-20)17-9-15-8-16(15)10-17/h3-6,11-12,15-17H,7-10,25H2,1-2H3,(H2,26,32)(H,27,31). The first kappa shape index (κ1) is 21.2. The number of aromatic nitrogens is 3. The first-order valence-electron chi connectivity index (χ1n) is 11.3. The fourth-order valence-corrected chi connectivity index (χ4v) is 4.93. The van der Waals surface area contributed by atoms with Crippen molar-refractivity contribution in [1.82, 2.24) is 14.9 Å². The lowest BCUT2D eigenvalue weighted by Crippen LogP contribution is -2.15. The molecule has 3 aromatic rings. The van der Waals surface area contributed by atoms with E-state index in [9.17, 15) is 9.59 Å². The van der Waals surface area contributed by atoms with Gasteiger partial charge in [0.2, 0.25) is 11.8 Å². The Morgan fingerprint density at radius 2 is 1.88 bits per heavy atom. The molecule has 2 heterocycles. The van der Waals surface area contributed by atoms with Gasteiger partial charge in [-0.05, 0) is 50.5 Å². The van der Waals surface area contributed by atoms with Crippen LogP contribution in [0.1, 0.15) is 66.7 Å². The molecule has 9 nitrogen and oxygen atoms in total. The topological polar surface area (TPSA) is 142 Å². The van der Waals surface area contributed by atoms with Crippen molar-refractivity contribution in [3.8, 4) is 11.3 Å². The lowest BCUT2D eigenvalue weighted by molar-refractivity contribution is -0.115. The number of primary amides is 1. The van der Waals surface area contributed by atoms with Crippen molar-refractivity contribution in [2.45, 2.75) is 51.5 Å². The van der Waals surface area contributed by atoms with Gasteiger partial charge in [0, 0.05) is 23.6 Å². The van der Waals surface area contributed by atoms with Crippen molar-refractivity contribution < 1.29 is 14.1 Å². The highest BCUT2D eigenvalue weighted by atomic mass is 16.5. The van der Waals surface area contributed by atoms with E-state index in [1.807, 2.05) is 32.0 Å². The number of rotatable bonds is 7. The molecule has 9 heteroatoms. The number of amides is 2. The summed E-state index contributed by atoms with van der Waals surface area (Å²) in [5, 5.41) is 11.4. The number of nitrogens with one attached hydrogen (secondary N) is 1. The van der Waals surface area contributed by atoms with Crippen molar-refractivity contribution in [3.05, 3.63) is 47.2 Å². The van der Waals surface area contributed by atoms with Crippen LogP contribution in [0.5, 0.6) is 0 Å². The van der Waals surface area contributed by atoms with Gasteiger partial charge in [0.05, 0.1) is 12.1 Å². The molecule has 2 saturated carbocycles. The summed E-state index contributed by atoms with van der Waals surface area (Å²) in [5.74, 6) is 1.99. The zero-order valence-electron chi connectivity index (χ0n) is 18.7. The first-order chi connectivity index (χ1) is 15.8. The van der Waals surface area contributed by atoms with E-state index in [4.69, 9.17) is 16.0 Å². The van der Waals surface area contributed by atoms with E-state index in [1.54, 1.807) is 16.8 Å². The van der Waals surface area contributed by atoms with Crippen LogP contribution in [0.4, 0.5) is 11.7 Å². The summed E-state index contributed by atoms with van der Waals surface area (Å²) in [7, 11) is 0. The number of fused-ring (bicyclic) bond motifs is 1. The summed E-state index contributed by atoms with van der Waals surface area (Å²) in [6.07, 6.45) is 3.88. The zero-order chi connectivity index (χ0) is 23.3. The SMILES string of the molecule is CC(C)n1nc(-c2ccc(CC(=O)Nc3cc(C4CC5CC5C4)no3)cc2)c(C(N)=O)c1N. The van der Waals surface area contributed by atoms with Crippen LogP contribution in [0.2, 0.25) is 0 Å². The van der Waals surface area contributed by atoms with Crippen LogP contribution < -0.4 is 16.8 Å². The van der Waals surface area contributed by atoms with Crippen LogP contribution in [0.15, 0.2) is 34.9 Å². The molecule has 1 aromatic carbocycles. The summed E-state index contributed by atoms with van der Waals surface area (Å²) in [5.41, 5.74) is 14.7. The van der Waals surface area contributed by atoms with Crippen LogP contribution in [-0.2, 0) is 11.2 Å². The molecule has 2 aliphatic carbocycles. The highest BCUT2D eigenvalue weighted by Crippen LogP contribution is 2.57. The first-order valence-corrected chi connectivity index (χ1v) is 11.3. The molecule has 2 fully saturated rings. The molecule has 2 atom stereocenters. The number of nitrogens with zero attached hydrogens (tertiary/aromatic N) is 3. The summed E-state index contributed by atoms with van der Waals surface area (Å²) >= 11 is 0. The maximum absolute atomic E-state index is 12.5. The minimum atomic E-state index is -0.626. The van der Waals surface area contributed by atoms with Crippen LogP contribution in [0.25, 0.3) is 11.3 Å².